The molecule has 1 aromatic carbocycles. The van der Waals surface area contributed by atoms with Gasteiger partial charge in [-0.2, -0.15) is 5.26 Å². The van der Waals surface area contributed by atoms with Gasteiger partial charge in [0.15, 0.2) is 5.75 Å². The van der Waals surface area contributed by atoms with Crippen molar-refractivity contribution in [2.75, 3.05) is 4.72 Å². The highest BCUT2D eigenvalue weighted by Crippen LogP contribution is 2.40. The SMILES string of the molecule is C/C=C(\C#N)C(=O)c1cc2cc(OF)c(NSC3CC3)cc2n1SI. The van der Waals surface area contributed by atoms with E-state index >= 15 is 0 Å². The van der Waals surface area contributed by atoms with Crippen LogP contribution in [-0.4, -0.2) is 15.0 Å². The zero-order valence-corrected chi connectivity index (χ0v) is 16.9. The number of halogens is 2. The minimum atomic E-state index is -0.366. The Balaban J connectivity index is 2.08. The average Bonchev–Trinajstić information content (AvgIpc) is 3.39. The highest BCUT2D eigenvalue weighted by atomic mass is 127. The molecule has 1 saturated carbocycles. The lowest BCUT2D eigenvalue weighted by Gasteiger charge is -2.09. The van der Waals surface area contributed by atoms with Gasteiger partial charge in [0.1, 0.15) is 11.8 Å². The van der Waals surface area contributed by atoms with Crippen LogP contribution in [0.3, 0.4) is 0 Å². The van der Waals surface area contributed by atoms with Crippen LogP contribution in [0.4, 0.5) is 10.2 Å². The predicted octanol–water partition coefficient (Wildman–Crippen LogP) is 5.63. The molecular weight excluding hydrogens is 476 g/mol. The highest BCUT2D eigenvalue weighted by molar-refractivity contribution is 14.2. The molecule has 1 heterocycles. The fraction of sp³-hybridized carbons (Fsp3) is 0.250. The van der Waals surface area contributed by atoms with Crippen molar-refractivity contribution in [3.05, 3.63) is 35.5 Å². The van der Waals surface area contributed by atoms with Crippen molar-refractivity contribution in [2.45, 2.75) is 25.0 Å². The summed E-state index contributed by atoms with van der Waals surface area (Å²) < 4.78 is 17.8. The summed E-state index contributed by atoms with van der Waals surface area (Å²) in [7, 11) is 1.32. The van der Waals surface area contributed by atoms with E-state index in [1.54, 1.807) is 29.1 Å². The van der Waals surface area contributed by atoms with Crippen LogP contribution >= 0.6 is 42.3 Å². The van der Waals surface area contributed by atoms with Gasteiger partial charge in [-0.25, -0.2) is 0 Å². The summed E-state index contributed by atoms with van der Waals surface area (Å²) in [5, 5.41) is 10.3. The van der Waals surface area contributed by atoms with E-state index in [2.05, 4.69) is 30.9 Å². The van der Waals surface area contributed by atoms with Crippen LogP contribution in [0.1, 0.15) is 30.3 Å². The molecular formula is C16H13FIN3O2S2. The van der Waals surface area contributed by atoms with Crippen LogP contribution < -0.4 is 9.66 Å². The average molecular weight is 489 g/mol. The van der Waals surface area contributed by atoms with E-state index in [0.717, 1.165) is 18.4 Å². The molecule has 5 nitrogen and oxygen atoms in total. The Morgan fingerprint density at radius 1 is 1.52 bits per heavy atom. The maximum absolute atomic E-state index is 13.0. The molecule has 0 spiro atoms. The third-order valence-corrected chi connectivity index (χ3v) is 6.61. The van der Waals surface area contributed by atoms with Gasteiger partial charge in [0.25, 0.3) is 0 Å². The fourth-order valence-corrected chi connectivity index (χ4v) is 4.84. The molecule has 3 rings (SSSR count). The maximum atomic E-state index is 13.0. The van der Waals surface area contributed by atoms with Crippen molar-refractivity contribution in [1.82, 2.24) is 3.97 Å². The molecule has 25 heavy (non-hydrogen) atoms. The lowest BCUT2D eigenvalue weighted by molar-refractivity contribution is -0.00504. The molecule has 2 aromatic rings. The number of nitrogens with one attached hydrogen (secondary N) is 1. The Hall–Kier alpha value is -1.38. The van der Waals surface area contributed by atoms with Gasteiger partial charge in [-0.1, -0.05) is 6.08 Å². The first-order valence-electron chi connectivity index (χ1n) is 7.42. The van der Waals surface area contributed by atoms with Crippen molar-refractivity contribution in [2.24, 2.45) is 0 Å². The number of aromatic nitrogens is 1. The minimum Gasteiger partial charge on any atom is -0.326 e. The number of hydrogen-bond donors (Lipinski definition) is 1. The highest BCUT2D eigenvalue weighted by Gasteiger charge is 2.24. The lowest BCUT2D eigenvalue weighted by atomic mass is 10.1. The van der Waals surface area contributed by atoms with E-state index in [4.69, 9.17) is 5.26 Å². The number of fused-ring (bicyclic) bond motifs is 1. The lowest BCUT2D eigenvalue weighted by Crippen LogP contribution is -2.06. The van der Waals surface area contributed by atoms with Gasteiger partial charge in [-0.05, 0) is 49.9 Å². The molecule has 0 amide bonds. The zero-order chi connectivity index (χ0) is 18.0. The number of carbonyl (C=O) groups is 1. The van der Waals surface area contributed by atoms with Crippen molar-refractivity contribution in [3.63, 3.8) is 0 Å². The topological polar surface area (TPSA) is 67.1 Å². The molecule has 0 bridgehead atoms. The predicted molar refractivity (Wildman–Crippen MR) is 109 cm³/mol. The Bertz CT molecular complexity index is 903. The van der Waals surface area contributed by atoms with E-state index < -0.39 is 0 Å². The van der Waals surface area contributed by atoms with Crippen LogP contribution in [-0.2, 0) is 0 Å². The molecule has 1 fully saturated rings. The summed E-state index contributed by atoms with van der Waals surface area (Å²) in [6.07, 6.45) is 3.77. The van der Waals surface area contributed by atoms with Gasteiger partial charge in [-0.15, -0.1) is 0 Å². The molecule has 9 heteroatoms. The molecule has 0 atom stereocenters. The summed E-state index contributed by atoms with van der Waals surface area (Å²) in [5.41, 5.74) is 1.69. The number of benzene rings is 1. The first-order chi connectivity index (χ1) is 12.1. The molecule has 0 unspecified atom stereocenters. The normalized spacial score (nSPS) is 14.4. The first-order valence-corrected chi connectivity index (χ1v) is 11.6. The van der Waals surface area contributed by atoms with Crippen LogP contribution in [0.25, 0.3) is 10.9 Å². The number of Topliss-reactive ketones (excluding diaryl/α,β-unsaturated/α-hetero) is 1. The maximum Gasteiger partial charge on any atom is 0.220 e. The Labute approximate surface area is 164 Å². The second-order valence-electron chi connectivity index (χ2n) is 5.44. The van der Waals surface area contributed by atoms with Crippen LogP contribution in [0.2, 0.25) is 0 Å². The van der Waals surface area contributed by atoms with Gasteiger partial charge in [0, 0.05) is 45.5 Å². The van der Waals surface area contributed by atoms with Gasteiger partial charge < -0.3 is 4.72 Å². The van der Waals surface area contributed by atoms with Crippen LogP contribution in [0, 0.1) is 11.3 Å². The molecule has 0 radical (unpaired) electrons. The van der Waals surface area contributed by atoms with Gasteiger partial charge in [0.05, 0.1) is 16.8 Å². The summed E-state index contributed by atoms with van der Waals surface area (Å²) in [6, 6.07) is 6.85. The van der Waals surface area contributed by atoms with Gasteiger partial charge in [-0.3, -0.25) is 13.7 Å². The number of rotatable bonds is 7. The Morgan fingerprint density at radius 3 is 2.84 bits per heavy atom. The molecule has 1 aromatic heterocycles. The summed E-state index contributed by atoms with van der Waals surface area (Å²) in [5.74, 6) is -0.295. The minimum absolute atomic E-state index is 0.0686. The fourth-order valence-electron chi connectivity index (χ4n) is 2.30. The van der Waals surface area contributed by atoms with Crippen molar-refractivity contribution < 1.29 is 14.3 Å². The number of carbonyl (C=O) groups excluding carboxylic acids is 1. The standard InChI is InChI=1S/C16H13FIN3O2S2/c1-2-9(8-19)16(22)14-5-10-6-15(23-17)12(20-24-11-3-4-11)7-13(10)21(14)25-18/h2,5-7,11,20H,3-4H2,1H3/b9-2+. The van der Waals surface area contributed by atoms with E-state index in [0.29, 0.717) is 22.0 Å². The summed E-state index contributed by atoms with van der Waals surface area (Å²) >= 11 is 3.61. The molecule has 0 saturated heterocycles. The van der Waals surface area contributed by atoms with E-state index in [-0.39, 0.29) is 17.1 Å². The zero-order valence-electron chi connectivity index (χ0n) is 13.1. The third kappa shape index (κ3) is 3.75. The summed E-state index contributed by atoms with van der Waals surface area (Å²) in [4.78, 5) is 16.6. The third-order valence-electron chi connectivity index (χ3n) is 3.76. The molecule has 1 aliphatic carbocycles. The van der Waals surface area contributed by atoms with Gasteiger partial charge in [0.2, 0.25) is 5.78 Å². The number of ketones is 1. The van der Waals surface area contributed by atoms with E-state index in [1.807, 2.05) is 6.07 Å². The molecule has 0 aliphatic heterocycles. The number of hydrogen-bond acceptors (Lipinski definition) is 6. The first kappa shape index (κ1) is 18.4. The van der Waals surface area contributed by atoms with Gasteiger partial charge >= 0.3 is 0 Å². The number of nitriles is 1. The second kappa shape index (κ2) is 7.88. The monoisotopic (exact) mass is 489 g/mol. The number of anilines is 1. The Kier molecular flexibility index (Phi) is 5.81. The number of nitrogens with zero attached hydrogens (tertiary/aromatic N) is 2. The van der Waals surface area contributed by atoms with Crippen molar-refractivity contribution in [1.29, 1.82) is 5.26 Å². The second-order valence-corrected chi connectivity index (χ2v) is 8.23. The Morgan fingerprint density at radius 2 is 2.28 bits per heavy atom. The number of allylic oxidation sites excluding steroid dienone is 2. The largest absolute Gasteiger partial charge is 0.326 e. The van der Waals surface area contributed by atoms with E-state index in [9.17, 15) is 9.32 Å². The summed E-state index contributed by atoms with van der Waals surface area (Å²) in [6.45, 7) is 1.65. The van der Waals surface area contributed by atoms with Crippen LogP contribution in [0.15, 0.2) is 29.8 Å². The van der Waals surface area contributed by atoms with Crippen LogP contribution in [0.5, 0.6) is 5.75 Å². The van der Waals surface area contributed by atoms with E-state index in [1.165, 1.54) is 27.1 Å². The van der Waals surface area contributed by atoms with Crippen molar-refractivity contribution in [3.8, 4) is 11.8 Å². The van der Waals surface area contributed by atoms with Crippen molar-refractivity contribution >= 4 is 64.6 Å². The molecule has 1 aliphatic rings. The quantitative estimate of drug-likeness (QED) is 0.179. The molecule has 130 valence electrons. The molecule has 1 N–H and O–H groups in total. The smallest absolute Gasteiger partial charge is 0.220 e.